The summed E-state index contributed by atoms with van der Waals surface area (Å²) in [6, 6.07) is 47.6. The maximum Gasteiger partial charge on any atom is 0.328 e. The third kappa shape index (κ3) is 23.6. The number of nitrogens with one attached hydrogen (secondary N) is 1. The smallest absolute Gasteiger partial charge is 0.328 e. The first-order chi connectivity index (χ1) is 45.7. The summed E-state index contributed by atoms with van der Waals surface area (Å²) in [5.74, 6) is 2.28. The van der Waals surface area contributed by atoms with E-state index in [1.54, 1.807) is 0 Å². The first-order valence-corrected chi connectivity index (χ1v) is 34.8. The molecule has 2 aliphatic rings. The second-order valence-electron chi connectivity index (χ2n) is 25.8. The summed E-state index contributed by atoms with van der Waals surface area (Å²) in [5, 5.41) is 8.71. The number of esters is 2. The monoisotopic (exact) mass is 1390 g/mol. The normalized spacial score (nSPS) is 14.9. The highest BCUT2D eigenvalue weighted by atomic mass is 35.5. The Balaban J connectivity index is 0.000000208. The van der Waals surface area contributed by atoms with Gasteiger partial charge in [0.25, 0.3) is 0 Å². The van der Waals surface area contributed by atoms with Crippen molar-refractivity contribution in [3.63, 3.8) is 0 Å². The van der Waals surface area contributed by atoms with Gasteiger partial charge in [0.15, 0.2) is 0 Å². The Morgan fingerprint density at radius 3 is 1.26 bits per heavy atom. The van der Waals surface area contributed by atoms with E-state index in [0.29, 0.717) is 56.0 Å². The number of anilines is 1. The van der Waals surface area contributed by atoms with Gasteiger partial charge in [-0.25, -0.2) is 24.7 Å². The minimum atomic E-state index is -0.499. The van der Waals surface area contributed by atoms with Gasteiger partial charge in [-0.3, -0.25) is 24.4 Å². The summed E-state index contributed by atoms with van der Waals surface area (Å²) in [4.78, 5) is 57.8. The molecule has 16 nitrogen and oxygen atoms in total. The van der Waals surface area contributed by atoms with Crippen molar-refractivity contribution in [3.8, 4) is 0 Å². The lowest BCUT2D eigenvalue weighted by Crippen LogP contribution is -2.47. The van der Waals surface area contributed by atoms with Crippen LogP contribution in [0.4, 0.5) is 5.82 Å². The molecule has 6 aromatic carbocycles. The highest BCUT2D eigenvalue weighted by molar-refractivity contribution is 6.34. The highest BCUT2D eigenvalue weighted by Crippen LogP contribution is 2.34. The number of halogens is 5. The third-order valence-electron chi connectivity index (χ3n) is 16.5. The summed E-state index contributed by atoms with van der Waals surface area (Å²) in [6.07, 6.45) is 3.11. The Labute approximate surface area is 587 Å². The van der Waals surface area contributed by atoms with Crippen LogP contribution >= 0.6 is 58.0 Å². The lowest BCUT2D eigenvalue weighted by atomic mass is 9.96. The fourth-order valence-electron chi connectivity index (χ4n) is 11.5. The summed E-state index contributed by atoms with van der Waals surface area (Å²) in [7, 11) is 8.09. The molecule has 2 saturated heterocycles. The van der Waals surface area contributed by atoms with Crippen molar-refractivity contribution >= 4 is 97.6 Å². The van der Waals surface area contributed by atoms with Gasteiger partial charge in [0, 0.05) is 83.2 Å². The number of hydrogen-bond donors (Lipinski definition) is 2. The molecule has 2 aliphatic heterocycles. The molecule has 95 heavy (non-hydrogen) atoms. The van der Waals surface area contributed by atoms with Gasteiger partial charge >= 0.3 is 11.9 Å². The van der Waals surface area contributed by atoms with Crippen LogP contribution in [0, 0.1) is 11.8 Å². The SMILES string of the molecule is CC(C)COC(=O)[C@@H](N)CCCN(C)C.CC(C)COC(=O)[C@H](CCCN(C)C)Nc1nc(CN2CCN(C(c3ccc(Cl)cc3)c3ccc(Cl)cc3)CC2)nc2ccccc12.Clc1ccc(C(c2ccc(Cl)cc2)N2CCN(Cc3nc(Cl)c4ccccc4n3)CC2)cc1. The molecule has 0 spiro atoms. The lowest BCUT2D eigenvalue weighted by molar-refractivity contribution is -0.147. The highest BCUT2D eigenvalue weighted by Gasteiger charge is 2.30. The van der Waals surface area contributed by atoms with E-state index < -0.39 is 12.1 Å². The number of para-hydroxylation sites is 2. The predicted octanol–water partition coefficient (Wildman–Crippen LogP) is 14.5. The van der Waals surface area contributed by atoms with E-state index in [4.69, 9.17) is 88.2 Å². The minimum absolute atomic E-state index is 0.0966. The van der Waals surface area contributed by atoms with Gasteiger partial charge in [0.05, 0.1) is 49.4 Å². The lowest BCUT2D eigenvalue weighted by Gasteiger charge is -2.39. The maximum absolute atomic E-state index is 13.2. The summed E-state index contributed by atoms with van der Waals surface area (Å²) in [6.45, 7) is 19.3. The zero-order chi connectivity index (χ0) is 68.0. The Morgan fingerprint density at radius 2 is 0.853 bits per heavy atom. The first-order valence-electron chi connectivity index (χ1n) is 32.9. The molecular weight excluding hydrogens is 1300 g/mol. The zero-order valence-electron chi connectivity index (χ0n) is 56.1. The Kier molecular flexibility index (Phi) is 29.6. The first kappa shape index (κ1) is 74.7. The number of piperazine rings is 2. The van der Waals surface area contributed by atoms with Crippen LogP contribution in [0.2, 0.25) is 25.2 Å². The fourth-order valence-corrected chi connectivity index (χ4v) is 12.3. The Bertz CT molecular complexity index is 3560. The van der Waals surface area contributed by atoms with Gasteiger partial charge in [-0.1, -0.05) is 158 Å². The van der Waals surface area contributed by atoms with Crippen molar-refractivity contribution in [2.45, 2.75) is 90.6 Å². The number of nitrogens with zero attached hydrogens (tertiary/aromatic N) is 10. The van der Waals surface area contributed by atoms with Crippen molar-refractivity contribution in [2.24, 2.45) is 17.6 Å². The molecule has 508 valence electrons. The summed E-state index contributed by atoms with van der Waals surface area (Å²) < 4.78 is 10.7. The molecule has 0 radical (unpaired) electrons. The number of hydrogen-bond acceptors (Lipinski definition) is 16. The summed E-state index contributed by atoms with van der Waals surface area (Å²) >= 11 is 31.2. The van der Waals surface area contributed by atoms with Gasteiger partial charge in [0.2, 0.25) is 0 Å². The number of benzene rings is 6. The van der Waals surface area contributed by atoms with E-state index in [9.17, 15) is 9.59 Å². The third-order valence-corrected chi connectivity index (χ3v) is 17.8. The number of aromatic nitrogens is 4. The minimum Gasteiger partial charge on any atom is -0.464 e. The van der Waals surface area contributed by atoms with Crippen LogP contribution in [-0.2, 0) is 32.2 Å². The van der Waals surface area contributed by atoms with E-state index in [2.05, 4.69) is 88.2 Å². The molecular formula is C74H93Cl5N12O4. The zero-order valence-corrected chi connectivity index (χ0v) is 59.9. The second-order valence-corrected chi connectivity index (χ2v) is 27.9. The van der Waals surface area contributed by atoms with E-state index >= 15 is 0 Å². The van der Waals surface area contributed by atoms with Crippen LogP contribution in [0.5, 0.6) is 0 Å². The molecule has 2 aromatic heterocycles. The standard InChI is InChI=1S/C37H46Cl2N6O2.C26H23Cl3N4.C11H24N2O2/c1-26(2)25-47-37(46)33(10-7-19-43(3)4)41-36-31-8-5-6-9-32(31)40-34(42-36)24-44-20-22-45(23-21-44)35(27-11-15-29(38)16-12-27)28-13-17-30(39)18-14-28;27-20-9-5-18(6-10-20)25(19-7-11-21(28)12-8-19)33-15-13-32(14-16-33)17-24-30-23-4-2-1-3-22(23)26(29)31-24;1-9(2)8-15-11(14)10(12)6-5-7-13(3)4/h5-6,8-9,11-18,26,33,35H,7,10,19-25H2,1-4H3,(H,40,41,42);1-12,25H,13-17H2;9-10H,5-8,12H2,1-4H3/t33-;;10-/m0.0/s1. The number of ether oxygens (including phenoxy) is 2. The molecule has 4 heterocycles. The molecule has 21 heteroatoms. The molecule has 0 aliphatic carbocycles. The molecule has 8 aromatic rings. The van der Waals surface area contributed by atoms with E-state index in [0.717, 1.165) is 132 Å². The van der Waals surface area contributed by atoms with Crippen molar-refractivity contribution in [2.75, 3.05) is 112 Å². The van der Waals surface area contributed by atoms with Crippen molar-refractivity contribution < 1.29 is 19.1 Å². The van der Waals surface area contributed by atoms with Gasteiger partial charge in [0.1, 0.15) is 34.7 Å². The van der Waals surface area contributed by atoms with Crippen LogP contribution in [-0.4, -0.2) is 180 Å². The van der Waals surface area contributed by atoms with Crippen LogP contribution in [0.1, 0.15) is 99.4 Å². The Morgan fingerprint density at radius 1 is 0.484 bits per heavy atom. The average Bonchev–Trinajstić information content (AvgIpc) is 0.853. The van der Waals surface area contributed by atoms with E-state index in [1.807, 2.05) is 153 Å². The van der Waals surface area contributed by atoms with Gasteiger partial charge in [-0.2, -0.15) is 0 Å². The van der Waals surface area contributed by atoms with Crippen molar-refractivity contribution in [3.05, 3.63) is 205 Å². The number of carbonyl (C=O) groups is 2. The number of rotatable bonds is 26. The largest absolute Gasteiger partial charge is 0.464 e. The molecule has 3 N–H and O–H groups in total. The van der Waals surface area contributed by atoms with Crippen LogP contribution in [0.15, 0.2) is 146 Å². The second kappa shape index (κ2) is 37.6. The molecule has 0 amide bonds. The summed E-state index contributed by atoms with van der Waals surface area (Å²) in [5.41, 5.74) is 12.3. The van der Waals surface area contributed by atoms with Crippen LogP contribution in [0.3, 0.4) is 0 Å². The molecule has 2 fully saturated rings. The van der Waals surface area contributed by atoms with Crippen LogP contribution < -0.4 is 11.1 Å². The topological polar surface area (TPSA) is 162 Å². The van der Waals surface area contributed by atoms with E-state index in [-0.39, 0.29) is 29.9 Å². The predicted molar refractivity (Wildman–Crippen MR) is 390 cm³/mol. The van der Waals surface area contributed by atoms with Crippen molar-refractivity contribution in [1.29, 1.82) is 0 Å². The number of fused-ring (bicyclic) bond motifs is 2. The molecule has 10 rings (SSSR count). The van der Waals surface area contributed by atoms with E-state index in [1.165, 1.54) is 22.3 Å². The quantitative estimate of drug-likeness (QED) is 0.0389. The van der Waals surface area contributed by atoms with Gasteiger partial charge < -0.3 is 30.3 Å². The van der Waals surface area contributed by atoms with Gasteiger partial charge in [-0.15, -0.1) is 0 Å². The maximum atomic E-state index is 13.2. The van der Waals surface area contributed by atoms with Gasteiger partial charge in [-0.05, 0) is 174 Å². The number of carbonyl (C=O) groups excluding carboxylic acids is 2. The fraction of sp³-hybridized carbons (Fsp3) is 0.432. The van der Waals surface area contributed by atoms with Crippen LogP contribution in [0.25, 0.3) is 21.8 Å². The van der Waals surface area contributed by atoms with Crippen molar-refractivity contribution in [1.82, 2.24) is 49.3 Å². The molecule has 0 bridgehead atoms. The number of nitrogens with two attached hydrogens (primary N) is 1. The molecule has 0 unspecified atom stereocenters. The Hall–Kier alpha value is -6.09. The average molecular weight is 1390 g/mol. The molecule has 0 saturated carbocycles. The molecule has 2 atom stereocenters.